The Bertz CT molecular complexity index is 497. The van der Waals surface area contributed by atoms with Crippen molar-refractivity contribution >= 4 is 5.97 Å². The number of hydrogen-bond acceptors (Lipinski definition) is 3. The predicted molar refractivity (Wildman–Crippen MR) is 82.4 cm³/mol. The zero-order chi connectivity index (χ0) is 14.9. The largest absolute Gasteiger partial charge is 0.482 e. The Balaban J connectivity index is 1.77. The Morgan fingerprint density at radius 1 is 1.29 bits per heavy atom. The maximum absolute atomic E-state index is 10.6. The van der Waals surface area contributed by atoms with Crippen molar-refractivity contribution in [2.24, 2.45) is 0 Å². The van der Waals surface area contributed by atoms with Crippen LogP contribution < -0.4 is 10.1 Å². The van der Waals surface area contributed by atoms with E-state index >= 15 is 0 Å². The van der Waals surface area contributed by atoms with Crippen LogP contribution in [0.3, 0.4) is 0 Å². The van der Waals surface area contributed by atoms with E-state index in [0.717, 1.165) is 18.5 Å². The van der Waals surface area contributed by atoms with Crippen LogP contribution in [0, 0.1) is 0 Å². The molecule has 4 nitrogen and oxygen atoms in total. The fourth-order valence-corrected chi connectivity index (χ4v) is 2.53. The molecule has 0 heterocycles. The molecule has 21 heavy (non-hydrogen) atoms. The third-order valence-electron chi connectivity index (χ3n) is 3.65. The summed E-state index contributed by atoms with van der Waals surface area (Å²) < 4.78 is 5.29. The minimum atomic E-state index is -0.956. The summed E-state index contributed by atoms with van der Waals surface area (Å²) in [6.07, 6.45) is 8.57. The molecule has 1 aliphatic rings. The molecule has 0 fully saturated rings. The van der Waals surface area contributed by atoms with Crippen molar-refractivity contribution in [2.45, 2.75) is 38.6 Å². The fraction of sp³-hybridized carbons (Fsp3) is 0.471. The van der Waals surface area contributed by atoms with E-state index in [1.165, 1.54) is 25.7 Å². The average Bonchev–Trinajstić information content (AvgIpc) is 2.51. The summed E-state index contributed by atoms with van der Waals surface area (Å²) in [7, 11) is 0. The summed E-state index contributed by atoms with van der Waals surface area (Å²) in [6.45, 7) is 1.34. The van der Waals surface area contributed by atoms with Crippen LogP contribution in [-0.4, -0.2) is 24.2 Å². The van der Waals surface area contributed by atoms with E-state index in [2.05, 4.69) is 11.4 Å². The van der Waals surface area contributed by atoms with Crippen molar-refractivity contribution in [1.29, 1.82) is 0 Å². The van der Waals surface area contributed by atoms with Crippen LogP contribution in [0.25, 0.3) is 0 Å². The number of allylic oxidation sites excluding steroid dienone is 1. The molecule has 0 bridgehead atoms. The van der Waals surface area contributed by atoms with Gasteiger partial charge >= 0.3 is 5.97 Å². The minimum absolute atomic E-state index is 0.302. The maximum atomic E-state index is 10.6. The standard InChI is InChI=1S/C17H23NO3/c19-17(20)13-21-16-9-5-4-8-15(16)12-18-11-10-14-6-2-1-3-7-14/h4-6,8-9,18H,1-3,7,10-13H2,(H,19,20). The molecule has 1 aromatic carbocycles. The van der Waals surface area contributed by atoms with E-state index < -0.39 is 5.97 Å². The maximum Gasteiger partial charge on any atom is 0.341 e. The molecule has 0 unspecified atom stereocenters. The van der Waals surface area contributed by atoms with Gasteiger partial charge in [0.25, 0.3) is 0 Å². The van der Waals surface area contributed by atoms with Gasteiger partial charge in [-0.1, -0.05) is 29.8 Å². The zero-order valence-electron chi connectivity index (χ0n) is 12.3. The van der Waals surface area contributed by atoms with Gasteiger partial charge in [-0.15, -0.1) is 0 Å². The predicted octanol–water partition coefficient (Wildman–Crippen LogP) is 3.13. The molecule has 0 amide bonds. The van der Waals surface area contributed by atoms with Gasteiger partial charge in [-0.2, -0.15) is 0 Å². The van der Waals surface area contributed by atoms with E-state index in [0.29, 0.717) is 12.3 Å². The van der Waals surface area contributed by atoms with Gasteiger partial charge in [-0.05, 0) is 44.7 Å². The summed E-state index contributed by atoms with van der Waals surface area (Å²) in [5, 5.41) is 12.1. The van der Waals surface area contributed by atoms with Crippen molar-refractivity contribution in [3.63, 3.8) is 0 Å². The molecular weight excluding hydrogens is 266 g/mol. The smallest absolute Gasteiger partial charge is 0.341 e. The number of para-hydroxylation sites is 1. The third kappa shape index (κ3) is 5.60. The lowest BCUT2D eigenvalue weighted by molar-refractivity contribution is -0.139. The van der Waals surface area contributed by atoms with Crippen LogP contribution in [-0.2, 0) is 11.3 Å². The molecule has 1 aliphatic carbocycles. The highest BCUT2D eigenvalue weighted by atomic mass is 16.5. The molecule has 114 valence electrons. The molecule has 0 radical (unpaired) electrons. The van der Waals surface area contributed by atoms with E-state index in [1.807, 2.05) is 24.3 Å². The normalized spacial score (nSPS) is 14.6. The number of carbonyl (C=O) groups is 1. The third-order valence-corrected chi connectivity index (χ3v) is 3.65. The number of rotatable bonds is 8. The highest BCUT2D eigenvalue weighted by molar-refractivity contribution is 5.68. The molecule has 0 aliphatic heterocycles. The van der Waals surface area contributed by atoms with Gasteiger partial charge < -0.3 is 15.2 Å². The van der Waals surface area contributed by atoms with E-state index in [-0.39, 0.29) is 6.61 Å². The first-order valence-corrected chi connectivity index (χ1v) is 7.57. The number of aliphatic carboxylic acids is 1. The van der Waals surface area contributed by atoms with Gasteiger partial charge in [0.05, 0.1) is 0 Å². The van der Waals surface area contributed by atoms with Crippen LogP contribution in [0.1, 0.15) is 37.7 Å². The summed E-state index contributed by atoms with van der Waals surface area (Å²) >= 11 is 0. The number of benzene rings is 1. The highest BCUT2D eigenvalue weighted by Gasteiger charge is 2.06. The first kappa shape index (κ1) is 15.6. The Hall–Kier alpha value is -1.81. The number of ether oxygens (including phenoxy) is 1. The van der Waals surface area contributed by atoms with Crippen molar-refractivity contribution in [3.8, 4) is 5.75 Å². The van der Waals surface area contributed by atoms with Crippen molar-refractivity contribution < 1.29 is 14.6 Å². The van der Waals surface area contributed by atoms with Gasteiger partial charge in [0, 0.05) is 12.1 Å². The van der Waals surface area contributed by atoms with E-state index in [1.54, 1.807) is 5.57 Å². The summed E-state index contributed by atoms with van der Waals surface area (Å²) in [5.41, 5.74) is 2.56. The SMILES string of the molecule is O=C(O)COc1ccccc1CNCCC1=CCCCC1. The van der Waals surface area contributed by atoms with Crippen LogP contribution in [0.4, 0.5) is 0 Å². The Morgan fingerprint density at radius 3 is 2.90 bits per heavy atom. The van der Waals surface area contributed by atoms with Crippen LogP contribution in [0.15, 0.2) is 35.9 Å². The molecule has 0 saturated heterocycles. The number of nitrogens with one attached hydrogen (secondary N) is 1. The lowest BCUT2D eigenvalue weighted by Gasteiger charge is -2.14. The number of hydrogen-bond donors (Lipinski definition) is 2. The lowest BCUT2D eigenvalue weighted by Crippen LogP contribution is -2.17. The van der Waals surface area contributed by atoms with Gasteiger partial charge in [0.15, 0.2) is 6.61 Å². The molecule has 1 aromatic rings. The van der Waals surface area contributed by atoms with Gasteiger partial charge in [-0.3, -0.25) is 0 Å². The van der Waals surface area contributed by atoms with Crippen LogP contribution in [0.5, 0.6) is 5.75 Å². The Morgan fingerprint density at radius 2 is 2.14 bits per heavy atom. The fourth-order valence-electron chi connectivity index (χ4n) is 2.53. The van der Waals surface area contributed by atoms with E-state index in [9.17, 15) is 4.79 Å². The number of carboxylic acid groups (broad SMARTS) is 1. The summed E-state index contributed by atoms with van der Waals surface area (Å²) in [5.74, 6) is -0.314. The topological polar surface area (TPSA) is 58.6 Å². The Kier molecular flexibility index (Phi) is 6.28. The van der Waals surface area contributed by atoms with Crippen LogP contribution in [0.2, 0.25) is 0 Å². The molecule has 0 atom stereocenters. The van der Waals surface area contributed by atoms with Crippen molar-refractivity contribution in [2.75, 3.05) is 13.2 Å². The zero-order valence-corrected chi connectivity index (χ0v) is 12.3. The lowest BCUT2D eigenvalue weighted by atomic mass is 9.97. The molecule has 2 N–H and O–H groups in total. The molecule has 0 spiro atoms. The van der Waals surface area contributed by atoms with Gasteiger partial charge in [0.1, 0.15) is 5.75 Å². The first-order valence-electron chi connectivity index (χ1n) is 7.57. The molecule has 0 aromatic heterocycles. The van der Waals surface area contributed by atoms with Gasteiger partial charge in [0.2, 0.25) is 0 Å². The summed E-state index contributed by atoms with van der Waals surface area (Å²) in [6, 6.07) is 7.56. The minimum Gasteiger partial charge on any atom is -0.482 e. The van der Waals surface area contributed by atoms with E-state index in [4.69, 9.17) is 9.84 Å². The quantitative estimate of drug-likeness (QED) is 0.570. The highest BCUT2D eigenvalue weighted by Crippen LogP contribution is 2.20. The number of carboxylic acids is 1. The second-order valence-electron chi connectivity index (χ2n) is 5.33. The van der Waals surface area contributed by atoms with Gasteiger partial charge in [-0.25, -0.2) is 4.79 Å². The Labute approximate surface area is 125 Å². The molecule has 0 saturated carbocycles. The monoisotopic (exact) mass is 289 g/mol. The van der Waals surface area contributed by atoms with Crippen LogP contribution >= 0.6 is 0 Å². The van der Waals surface area contributed by atoms with Crippen molar-refractivity contribution in [3.05, 3.63) is 41.5 Å². The summed E-state index contributed by atoms with van der Waals surface area (Å²) in [4.78, 5) is 10.6. The second kappa shape index (κ2) is 8.47. The molecule has 2 rings (SSSR count). The molecular formula is C17H23NO3. The molecule has 4 heteroatoms. The first-order chi connectivity index (χ1) is 10.3. The average molecular weight is 289 g/mol. The van der Waals surface area contributed by atoms with Crippen molar-refractivity contribution in [1.82, 2.24) is 5.32 Å². The second-order valence-corrected chi connectivity index (χ2v) is 5.33.